The number of carbonyl (C=O) groups is 1. The summed E-state index contributed by atoms with van der Waals surface area (Å²) in [7, 11) is 0. The first kappa shape index (κ1) is 18.2. The average molecular weight is 402 g/mol. The van der Waals surface area contributed by atoms with Gasteiger partial charge in [0.2, 0.25) is 0 Å². The highest BCUT2D eigenvalue weighted by molar-refractivity contribution is 7.99. The van der Waals surface area contributed by atoms with Crippen LogP contribution in [-0.4, -0.2) is 34.0 Å². The van der Waals surface area contributed by atoms with Gasteiger partial charge in [-0.25, -0.2) is 9.79 Å². The molecule has 7 heteroatoms. The van der Waals surface area contributed by atoms with E-state index in [0.29, 0.717) is 22.9 Å². The first-order valence-electron chi connectivity index (χ1n) is 8.87. The molecule has 0 aromatic heterocycles. The topological polar surface area (TPSA) is 73.7 Å². The van der Waals surface area contributed by atoms with E-state index in [1.54, 1.807) is 12.1 Å². The van der Waals surface area contributed by atoms with E-state index in [9.17, 15) is 9.90 Å². The molecule has 140 valence electrons. The minimum atomic E-state index is -0.940. The molecule has 1 fully saturated rings. The van der Waals surface area contributed by atoms with E-state index in [-0.39, 0.29) is 11.1 Å². The summed E-state index contributed by atoms with van der Waals surface area (Å²) >= 11 is 8.01. The van der Waals surface area contributed by atoms with E-state index in [2.05, 4.69) is 10.6 Å². The third kappa shape index (κ3) is 3.64. The Morgan fingerprint density at radius 1 is 1.26 bits per heavy atom. The van der Waals surface area contributed by atoms with Gasteiger partial charge in [0.1, 0.15) is 5.84 Å². The molecular weight excluding hydrogens is 382 g/mol. The van der Waals surface area contributed by atoms with Crippen LogP contribution in [0.1, 0.15) is 28.8 Å². The number of thioether (sulfide) groups is 1. The third-order valence-electron chi connectivity index (χ3n) is 5.02. The maximum Gasteiger partial charge on any atom is 0.337 e. The highest BCUT2D eigenvalue weighted by Gasteiger charge is 2.41. The predicted octanol–water partition coefficient (Wildman–Crippen LogP) is 4.55. The lowest BCUT2D eigenvalue weighted by Crippen LogP contribution is -2.56. The Kier molecular flexibility index (Phi) is 5.02. The molecule has 3 N–H and O–H groups in total. The van der Waals surface area contributed by atoms with Gasteiger partial charge in [-0.15, -0.1) is 0 Å². The summed E-state index contributed by atoms with van der Waals surface area (Å²) in [6.07, 6.45) is 1.79. The molecule has 1 saturated heterocycles. The summed E-state index contributed by atoms with van der Waals surface area (Å²) in [5.74, 6) is 1.95. The molecule has 2 aromatic rings. The number of carboxylic acids is 1. The maximum atomic E-state index is 11.6. The van der Waals surface area contributed by atoms with Crippen molar-refractivity contribution in [1.29, 1.82) is 0 Å². The zero-order chi connectivity index (χ0) is 18.9. The molecule has 27 heavy (non-hydrogen) atoms. The number of aliphatic imine (C=N–C) groups is 1. The number of amidine groups is 1. The van der Waals surface area contributed by atoms with E-state index in [4.69, 9.17) is 16.6 Å². The van der Waals surface area contributed by atoms with Gasteiger partial charge >= 0.3 is 5.97 Å². The Balaban J connectivity index is 1.70. The number of anilines is 1. The monoisotopic (exact) mass is 401 g/mol. The lowest BCUT2D eigenvalue weighted by molar-refractivity contribution is 0.0698. The van der Waals surface area contributed by atoms with Crippen molar-refractivity contribution >= 4 is 46.5 Å². The van der Waals surface area contributed by atoms with Crippen LogP contribution < -0.4 is 10.6 Å². The first-order valence-corrected chi connectivity index (χ1v) is 10.4. The van der Waals surface area contributed by atoms with Crippen molar-refractivity contribution in [2.24, 2.45) is 4.99 Å². The van der Waals surface area contributed by atoms with E-state index < -0.39 is 5.97 Å². The van der Waals surface area contributed by atoms with Gasteiger partial charge in [-0.3, -0.25) is 0 Å². The van der Waals surface area contributed by atoms with Crippen molar-refractivity contribution in [3.05, 3.63) is 58.6 Å². The second-order valence-corrected chi connectivity index (χ2v) is 8.43. The zero-order valence-electron chi connectivity index (χ0n) is 14.7. The summed E-state index contributed by atoms with van der Waals surface area (Å²) in [6.45, 7) is 0.615. The Morgan fingerprint density at radius 3 is 2.78 bits per heavy atom. The molecule has 2 aliphatic rings. The fourth-order valence-electron chi connectivity index (χ4n) is 3.59. The maximum absolute atomic E-state index is 11.6. The molecule has 2 aliphatic heterocycles. The molecule has 1 spiro atoms. The first-order chi connectivity index (χ1) is 13.1. The van der Waals surface area contributed by atoms with Gasteiger partial charge in [0.15, 0.2) is 0 Å². The fraction of sp³-hybridized carbons (Fsp3) is 0.300. The van der Waals surface area contributed by atoms with Gasteiger partial charge in [-0.1, -0.05) is 29.8 Å². The number of aromatic carboxylic acids is 1. The number of hydrogen-bond donors (Lipinski definition) is 3. The Bertz CT molecular complexity index is 910. The molecule has 0 saturated carbocycles. The number of fused-ring (bicyclic) bond motifs is 1. The van der Waals surface area contributed by atoms with E-state index in [0.717, 1.165) is 35.7 Å². The van der Waals surface area contributed by atoms with Crippen molar-refractivity contribution in [2.75, 3.05) is 16.8 Å². The standard InChI is InChI=1S/C20H20ClN3O2S/c21-14-4-1-3-13(11-14)12-22-19-20(7-9-27-10-8-20)24-17-15(18(25)26)5-2-6-16(17)23-19/h1-6,11,24H,7-10,12H2,(H,22,23)(H,25,26). The van der Waals surface area contributed by atoms with Crippen LogP contribution in [0.15, 0.2) is 47.5 Å². The largest absolute Gasteiger partial charge is 0.478 e. The van der Waals surface area contributed by atoms with Crippen LogP contribution in [0.5, 0.6) is 0 Å². The number of hydrogen-bond acceptors (Lipinski definition) is 5. The van der Waals surface area contributed by atoms with Crippen molar-refractivity contribution in [3.8, 4) is 0 Å². The molecule has 0 bridgehead atoms. The minimum absolute atomic E-state index is 0.266. The van der Waals surface area contributed by atoms with Crippen LogP contribution in [0, 0.1) is 0 Å². The van der Waals surface area contributed by atoms with Crippen molar-refractivity contribution < 1.29 is 9.90 Å². The van der Waals surface area contributed by atoms with Crippen molar-refractivity contribution in [2.45, 2.75) is 24.9 Å². The predicted molar refractivity (Wildman–Crippen MR) is 112 cm³/mol. The van der Waals surface area contributed by atoms with Gasteiger partial charge in [0, 0.05) is 11.6 Å². The number of carboxylic acid groups (broad SMARTS) is 1. The van der Waals surface area contributed by atoms with Crippen molar-refractivity contribution in [1.82, 2.24) is 5.32 Å². The normalized spacial score (nSPS) is 17.6. The van der Waals surface area contributed by atoms with Crippen LogP contribution in [-0.2, 0) is 6.54 Å². The average Bonchev–Trinajstić information content (AvgIpc) is 2.66. The summed E-state index contributed by atoms with van der Waals surface area (Å²) < 4.78 is 0. The van der Waals surface area contributed by atoms with E-state index in [1.807, 2.05) is 42.1 Å². The van der Waals surface area contributed by atoms with Crippen LogP contribution in [0.3, 0.4) is 0 Å². The molecular formula is C20H20ClN3O2S. The molecule has 2 aromatic carbocycles. The highest BCUT2D eigenvalue weighted by Crippen LogP contribution is 2.41. The van der Waals surface area contributed by atoms with Crippen LogP contribution in [0.4, 0.5) is 11.4 Å². The molecule has 2 heterocycles. The van der Waals surface area contributed by atoms with Crippen LogP contribution >= 0.6 is 23.4 Å². The summed E-state index contributed by atoms with van der Waals surface area (Å²) in [6, 6.07) is 13.0. The van der Waals surface area contributed by atoms with Gasteiger partial charge in [-0.2, -0.15) is 11.8 Å². The number of nitrogens with one attached hydrogen (secondary N) is 2. The molecule has 0 amide bonds. The SMILES string of the molecule is O=C(O)c1cccc2c1NC1(CCSCC1)C(NCc1cccc(Cl)c1)=N2. The third-order valence-corrected chi connectivity index (χ3v) is 6.24. The number of rotatable bonds is 3. The highest BCUT2D eigenvalue weighted by atomic mass is 35.5. The fourth-order valence-corrected chi connectivity index (χ4v) is 4.99. The number of benzene rings is 2. The van der Waals surface area contributed by atoms with Crippen LogP contribution in [0.2, 0.25) is 5.02 Å². The minimum Gasteiger partial charge on any atom is -0.478 e. The molecule has 0 radical (unpaired) electrons. The Morgan fingerprint density at radius 2 is 2.04 bits per heavy atom. The lowest BCUT2D eigenvalue weighted by atomic mass is 9.87. The van der Waals surface area contributed by atoms with Gasteiger partial charge in [0.05, 0.1) is 22.5 Å². The van der Waals surface area contributed by atoms with Crippen LogP contribution in [0.25, 0.3) is 0 Å². The van der Waals surface area contributed by atoms with Gasteiger partial charge in [-0.05, 0) is 54.2 Å². The zero-order valence-corrected chi connectivity index (χ0v) is 16.2. The summed E-state index contributed by atoms with van der Waals surface area (Å²) in [5, 5.41) is 17.3. The summed E-state index contributed by atoms with van der Waals surface area (Å²) in [4.78, 5) is 16.5. The second kappa shape index (κ2) is 7.44. The smallest absolute Gasteiger partial charge is 0.337 e. The second-order valence-electron chi connectivity index (χ2n) is 6.77. The molecule has 5 nitrogen and oxygen atoms in total. The lowest BCUT2D eigenvalue weighted by Gasteiger charge is -2.42. The van der Waals surface area contributed by atoms with Gasteiger partial charge < -0.3 is 15.7 Å². The van der Waals surface area contributed by atoms with Crippen molar-refractivity contribution in [3.63, 3.8) is 0 Å². The van der Waals surface area contributed by atoms with E-state index in [1.165, 1.54) is 0 Å². The number of para-hydroxylation sites is 1. The molecule has 4 rings (SSSR count). The Labute approximate surface area is 167 Å². The Hall–Kier alpha value is -2.18. The molecule has 0 unspecified atom stereocenters. The molecule has 0 atom stereocenters. The number of halogens is 1. The van der Waals surface area contributed by atoms with Gasteiger partial charge in [0.25, 0.3) is 0 Å². The molecule has 0 aliphatic carbocycles. The van der Waals surface area contributed by atoms with E-state index >= 15 is 0 Å². The quantitative estimate of drug-likeness (QED) is 0.703. The summed E-state index contributed by atoms with van der Waals surface area (Å²) in [5.41, 5.74) is 2.26. The number of nitrogens with zero attached hydrogens (tertiary/aromatic N) is 1.